The van der Waals surface area contributed by atoms with Crippen LogP contribution in [0.1, 0.15) is 39.5 Å². The molecule has 10 atom stereocenters. The number of methoxy groups -OCH3 is 1. The third-order valence-electron chi connectivity index (χ3n) is 9.42. The van der Waals surface area contributed by atoms with Crippen molar-refractivity contribution in [1.29, 1.82) is 0 Å². The molecule has 6 rings (SSSR count). The molecular weight excluding hydrogens is 364 g/mol. The molecule has 4 aliphatic carbocycles. The maximum absolute atomic E-state index is 13.8. The molecule has 0 aromatic rings. The van der Waals surface area contributed by atoms with E-state index in [1.165, 1.54) is 7.11 Å². The number of hydrogen-bond donors (Lipinski definition) is 4. The Kier molecular flexibility index (Phi) is 3.85. The molecule has 0 amide bonds. The first-order chi connectivity index (χ1) is 13.1. The Bertz CT molecular complexity index is 709. The lowest BCUT2D eigenvalue weighted by Gasteiger charge is -2.74. The van der Waals surface area contributed by atoms with Crippen LogP contribution in [-0.2, 0) is 14.3 Å². The fourth-order valence-electron chi connectivity index (χ4n) is 8.47. The molecule has 6 fully saturated rings. The standard InChI is InChI=1S/C21H32O7/c1-18(2)7-6-13(22)19-9-28-21(26,17(25)14(18)19)20-12(19)5-4-10(15(20)23)11(8-27-3)16(20)24/h10-15,17,22-23,25-26H,4-9H2,1-3H3/t10-,11-,12-,13-,14+,15+,17-,19+,20+,21+/m0/s1. The maximum atomic E-state index is 13.8. The summed E-state index contributed by atoms with van der Waals surface area (Å²) in [6.07, 6.45) is -0.671. The molecule has 0 aromatic heterocycles. The fraction of sp³-hybridized carbons (Fsp3) is 0.952. The van der Waals surface area contributed by atoms with Gasteiger partial charge in [-0.15, -0.1) is 0 Å². The quantitative estimate of drug-likeness (QED) is 0.522. The Hall–Kier alpha value is -0.570. The van der Waals surface area contributed by atoms with E-state index >= 15 is 0 Å². The van der Waals surface area contributed by atoms with Crippen LogP contribution < -0.4 is 0 Å². The third kappa shape index (κ3) is 1.74. The first-order valence-electron chi connectivity index (χ1n) is 10.5. The van der Waals surface area contributed by atoms with Crippen LogP contribution in [-0.4, -0.2) is 70.6 Å². The number of carbonyl (C=O) groups excluding carboxylic acids is 1. The largest absolute Gasteiger partial charge is 0.392 e. The Balaban J connectivity index is 1.75. The second-order valence-electron chi connectivity index (χ2n) is 10.6. The van der Waals surface area contributed by atoms with Crippen molar-refractivity contribution in [1.82, 2.24) is 0 Å². The van der Waals surface area contributed by atoms with Crippen LogP contribution in [0.15, 0.2) is 0 Å². The SMILES string of the molecule is COC[C@@H]1C(=O)[C@]23[C@H](O)[C@H]1CC[C@H]2[C@@]12CO[C@]3(O)[C@@H](O)[C@@H]1C(C)(C)CC[C@@H]2O. The van der Waals surface area contributed by atoms with Crippen molar-refractivity contribution in [2.75, 3.05) is 20.3 Å². The minimum absolute atomic E-state index is 0.0991. The first kappa shape index (κ1) is 19.4. The van der Waals surface area contributed by atoms with Gasteiger partial charge in [0.1, 0.15) is 11.5 Å². The molecular formula is C21H32O7. The van der Waals surface area contributed by atoms with Gasteiger partial charge in [0.25, 0.3) is 0 Å². The Labute approximate surface area is 165 Å². The van der Waals surface area contributed by atoms with Crippen LogP contribution in [0.4, 0.5) is 0 Å². The van der Waals surface area contributed by atoms with Gasteiger partial charge in [0.05, 0.1) is 25.4 Å². The molecule has 0 aromatic carbocycles. The summed E-state index contributed by atoms with van der Waals surface area (Å²) in [4.78, 5) is 13.8. The maximum Gasteiger partial charge on any atom is 0.208 e. The van der Waals surface area contributed by atoms with Gasteiger partial charge in [0, 0.05) is 24.4 Å². The summed E-state index contributed by atoms with van der Waals surface area (Å²) in [6, 6.07) is 0. The van der Waals surface area contributed by atoms with Gasteiger partial charge in [0.2, 0.25) is 5.79 Å². The molecule has 4 saturated carbocycles. The van der Waals surface area contributed by atoms with E-state index < -0.39 is 52.7 Å². The minimum atomic E-state index is -2.14. The van der Waals surface area contributed by atoms with Crippen molar-refractivity contribution in [3.05, 3.63) is 0 Å². The molecule has 0 unspecified atom stereocenters. The van der Waals surface area contributed by atoms with E-state index in [4.69, 9.17) is 9.47 Å². The van der Waals surface area contributed by atoms with Crippen molar-refractivity contribution in [2.24, 2.45) is 39.9 Å². The van der Waals surface area contributed by atoms with Gasteiger partial charge in [-0.1, -0.05) is 13.8 Å². The summed E-state index contributed by atoms with van der Waals surface area (Å²) >= 11 is 0. The number of hydrogen-bond acceptors (Lipinski definition) is 7. The van der Waals surface area contributed by atoms with Gasteiger partial charge in [0.15, 0.2) is 5.78 Å². The van der Waals surface area contributed by atoms with Crippen LogP contribution in [0.25, 0.3) is 0 Å². The number of ketones is 1. The zero-order chi connectivity index (χ0) is 20.3. The number of carbonyl (C=O) groups is 1. The number of rotatable bonds is 2. The molecule has 2 heterocycles. The Morgan fingerprint density at radius 1 is 1.14 bits per heavy atom. The summed E-state index contributed by atoms with van der Waals surface area (Å²) in [7, 11) is 1.52. The Morgan fingerprint density at radius 3 is 2.54 bits per heavy atom. The van der Waals surface area contributed by atoms with Crippen LogP contribution in [0.2, 0.25) is 0 Å². The van der Waals surface area contributed by atoms with E-state index in [1.807, 2.05) is 0 Å². The average Bonchev–Trinajstić information content (AvgIpc) is 2.76. The Morgan fingerprint density at radius 2 is 1.86 bits per heavy atom. The van der Waals surface area contributed by atoms with E-state index in [9.17, 15) is 25.2 Å². The first-order valence-corrected chi connectivity index (χ1v) is 10.5. The number of fused-ring (bicyclic) bond motifs is 2. The summed E-state index contributed by atoms with van der Waals surface area (Å²) in [5, 5.41) is 45.8. The van der Waals surface area contributed by atoms with Crippen molar-refractivity contribution >= 4 is 5.78 Å². The highest BCUT2D eigenvalue weighted by atomic mass is 16.6. The molecule has 2 aliphatic heterocycles. The van der Waals surface area contributed by atoms with E-state index in [0.29, 0.717) is 19.3 Å². The van der Waals surface area contributed by atoms with Crippen molar-refractivity contribution in [2.45, 2.75) is 63.6 Å². The van der Waals surface area contributed by atoms with E-state index in [-0.39, 0.29) is 30.3 Å². The number of aliphatic hydroxyl groups is 4. The fourth-order valence-corrected chi connectivity index (χ4v) is 8.47. The summed E-state index contributed by atoms with van der Waals surface area (Å²) in [5.41, 5.74) is -2.79. The van der Waals surface area contributed by atoms with Gasteiger partial charge in [-0.05, 0) is 42.9 Å². The van der Waals surface area contributed by atoms with Crippen LogP contribution in [0, 0.1) is 39.9 Å². The molecule has 158 valence electrons. The minimum Gasteiger partial charge on any atom is -0.392 e. The van der Waals surface area contributed by atoms with E-state index in [2.05, 4.69) is 13.8 Å². The van der Waals surface area contributed by atoms with Crippen LogP contribution in [0.3, 0.4) is 0 Å². The lowest BCUT2D eigenvalue weighted by molar-refractivity contribution is -0.458. The van der Waals surface area contributed by atoms with Crippen molar-refractivity contribution in [3.8, 4) is 0 Å². The predicted octanol–water partition coefficient (Wildman–Crippen LogP) is 0.0820. The lowest BCUT2D eigenvalue weighted by atomic mass is 9.35. The third-order valence-corrected chi connectivity index (χ3v) is 9.42. The normalized spacial score (nSPS) is 59.1. The lowest BCUT2D eigenvalue weighted by Crippen LogP contribution is -2.85. The van der Waals surface area contributed by atoms with E-state index in [1.54, 1.807) is 0 Å². The highest BCUT2D eigenvalue weighted by molar-refractivity contribution is 5.93. The van der Waals surface area contributed by atoms with Gasteiger partial charge >= 0.3 is 0 Å². The molecule has 2 spiro atoms. The second kappa shape index (κ2) is 5.56. The summed E-state index contributed by atoms with van der Waals surface area (Å²) < 4.78 is 11.1. The van der Waals surface area contributed by atoms with Gasteiger partial charge in [-0.2, -0.15) is 0 Å². The highest BCUT2D eigenvalue weighted by Crippen LogP contribution is 2.76. The topological polar surface area (TPSA) is 116 Å². The predicted molar refractivity (Wildman–Crippen MR) is 96.9 cm³/mol. The van der Waals surface area contributed by atoms with Gasteiger partial charge in [-0.25, -0.2) is 0 Å². The zero-order valence-electron chi connectivity index (χ0n) is 16.8. The van der Waals surface area contributed by atoms with E-state index in [0.717, 1.165) is 6.42 Å². The average molecular weight is 396 g/mol. The molecule has 7 heteroatoms. The van der Waals surface area contributed by atoms with Crippen LogP contribution in [0.5, 0.6) is 0 Å². The van der Waals surface area contributed by atoms with Crippen LogP contribution >= 0.6 is 0 Å². The molecule has 4 N–H and O–H groups in total. The second-order valence-corrected chi connectivity index (χ2v) is 10.6. The molecule has 0 radical (unpaired) electrons. The summed E-state index contributed by atoms with van der Waals surface area (Å²) in [5.74, 6) is -4.11. The zero-order valence-corrected chi connectivity index (χ0v) is 16.8. The monoisotopic (exact) mass is 396 g/mol. The summed E-state index contributed by atoms with van der Waals surface area (Å²) in [6.45, 7) is 4.38. The molecule has 4 bridgehead atoms. The highest BCUT2D eigenvalue weighted by Gasteiger charge is 2.87. The molecule has 7 nitrogen and oxygen atoms in total. The number of ether oxygens (including phenoxy) is 2. The number of Topliss-reactive ketones (excluding diaryl/α,β-unsaturated/α-hetero) is 1. The smallest absolute Gasteiger partial charge is 0.208 e. The number of aliphatic hydroxyl groups excluding tert-OH is 3. The van der Waals surface area contributed by atoms with Crippen molar-refractivity contribution < 1.29 is 34.7 Å². The van der Waals surface area contributed by atoms with Gasteiger partial charge in [-0.3, -0.25) is 4.79 Å². The molecule has 2 saturated heterocycles. The van der Waals surface area contributed by atoms with Gasteiger partial charge < -0.3 is 29.9 Å². The van der Waals surface area contributed by atoms with Crippen molar-refractivity contribution in [3.63, 3.8) is 0 Å². The molecule has 6 aliphatic rings. The molecule has 28 heavy (non-hydrogen) atoms.